The number of aryl methyl sites for hydroxylation is 1. The number of benzene rings is 1. The van der Waals surface area contributed by atoms with E-state index in [0.717, 1.165) is 5.56 Å². The summed E-state index contributed by atoms with van der Waals surface area (Å²) in [6.07, 6.45) is 2.06. The van der Waals surface area contributed by atoms with E-state index < -0.39 is 53.8 Å². The monoisotopic (exact) mass is 569 g/mol. The summed E-state index contributed by atoms with van der Waals surface area (Å²) < 4.78 is 1.63. The lowest BCUT2D eigenvalue weighted by Gasteiger charge is -2.27. The highest BCUT2D eigenvalue weighted by Gasteiger charge is 2.33. The Morgan fingerprint density at radius 1 is 1.00 bits per heavy atom. The standard InChI is InChI=1S/C28H39N7O6/c1-17(2)24-28(41)31-21(14-20-8-6-5-7-9-20)26(39)33-25(18(3)36)27(40)30-11-13-35(15-22(37)32-24)23(38)16-34-12-10-29-19(34)4/h5-10,12,17-18,21,24-25,36H,11,13-16H2,1-4H3,(H,30,40)(H,31,41)(H,32,37)(H,33,39)/t18-,21+,24-,25+/m1/s1. The maximum atomic E-state index is 13.4. The van der Waals surface area contributed by atoms with Crippen LogP contribution in [0.4, 0.5) is 0 Å². The van der Waals surface area contributed by atoms with Gasteiger partial charge in [-0.15, -0.1) is 0 Å². The van der Waals surface area contributed by atoms with Gasteiger partial charge in [0.25, 0.3) is 0 Å². The molecule has 0 radical (unpaired) electrons. The highest BCUT2D eigenvalue weighted by molar-refractivity contribution is 5.95. The Bertz CT molecular complexity index is 1230. The van der Waals surface area contributed by atoms with Crippen molar-refractivity contribution >= 4 is 29.5 Å². The summed E-state index contributed by atoms with van der Waals surface area (Å²) >= 11 is 0. The first-order chi connectivity index (χ1) is 19.5. The van der Waals surface area contributed by atoms with Crippen LogP contribution in [0.5, 0.6) is 0 Å². The number of aliphatic hydroxyl groups is 1. The summed E-state index contributed by atoms with van der Waals surface area (Å²) in [6, 6.07) is 5.59. The van der Waals surface area contributed by atoms with Gasteiger partial charge in [-0.1, -0.05) is 44.2 Å². The predicted octanol–water partition coefficient (Wildman–Crippen LogP) is -1.12. The van der Waals surface area contributed by atoms with E-state index in [1.54, 1.807) is 62.0 Å². The van der Waals surface area contributed by atoms with Crippen LogP contribution in [0.1, 0.15) is 32.2 Å². The number of amides is 5. The molecule has 1 aliphatic heterocycles. The lowest BCUT2D eigenvalue weighted by molar-refractivity contribution is -0.138. The molecule has 13 nitrogen and oxygen atoms in total. The van der Waals surface area contributed by atoms with E-state index in [4.69, 9.17) is 0 Å². The molecule has 1 aromatic heterocycles. The zero-order valence-electron chi connectivity index (χ0n) is 23.8. The maximum absolute atomic E-state index is 13.4. The molecule has 1 fully saturated rings. The highest BCUT2D eigenvalue weighted by atomic mass is 16.3. The van der Waals surface area contributed by atoms with Crippen LogP contribution in [0.15, 0.2) is 42.7 Å². The molecule has 5 N–H and O–H groups in total. The molecule has 3 rings (SSSR count). The van der Waals surface area contributed by atoms with Crippen molar-refractivity contribution in [2.24, 2.45) is 5.92 Å². The molecule has 13 heteroatoms. The van der Waals surface area contributed by atoms with Gasteiger partial charge in [0.1, 0.15) is 30.5 Å². The molecule has 1 aliphatic rings. The normalized spacial score (nSPS) is 22.1. The first kappa shape index (κ1) is 31.3. The molecule has 2 heterocycles. The van der Waals surface area contributed by atoms with Crippen molar-refractivity contribution in [3.63, 3.8) is 0 Å². The number of nitrogens with zero attached hydrogens (tertiary/aromatic N) is 3. The highest BCUT2D eigenvalue weighted by Crippen LogP contribution is 2.09. The molecule has 0 bridgehead atoms. The van der Waals surface area contributed by atoms with Gasteiger partial charge in [-0.3, -0.25) is 24.0 Å². The number of rotatable bonds is 6. The van der Waals surface area contributed by atoms with E-state index >= 15 is 0 Å². The quantitative estimate of drug-likeness (QED) is 0.293. The topological polar surface area (TPSA) is 175 Å². The zero-order valence-corrected chi connectivity index (χ0v) is 23.8. The molecule has 0 spiro atoms. The Kier molecular flexibility index (Phi) is 11.0. The van der Waals surface area contributed by atoms with E-state index in [-0.39, 0.29) is 38.5 Å². The van der Waals surface area contributed by atoms with Crippen LogP contribution in [0.3, 0.4) is 0 Å². The Hall–Kier alpha value is -4.26. The van der Waals surface area contributed by atoms with Crippen molar-refractivity contribution < 1.29 is 29.1 Å². The van der Waals surface area contributed by atoms with E-state index in [2.05, 4.69) is 26.3 Å². The van der Waals surface area contributed by atoms with E-state index in [0.29, 0.717) is 5.82 Å². The van der Waals surface area contributed by atoms with Gasteiger partial charge in [0.15, 0.2) is 0 Å². The molecule has 0 saturated carbocycles. The van der Waals surface area contributed by atoms with Gasteiger partial charge in [0.2, 0.25) is 29.5 Å². The second kappa shape index (κ2) is 14.4. The van der Waals surface area contributed by atoms with Crippen LogP contribution >= 0.6 is 0 Å². The van der Waals surface area contributed by atoms with Crippen LogP contribution in [0.2, 0.25) is 0 Å². The molecular weight excluding hydrogens is 530 g/mol. The molecule has 41 heavy (non-hydrogen) atoms. The second-order valence-corrected chi connectivity index (χ2v) is 10.5. The zero-order chi connectivity index (χ0) is 30.1. The number of aromatic nitrogens is 2. The summed E-state index contributed by atoms with van der Waals surface area (Å²) in [6.45, 7) is 6.11. The average Bonchev–Trinajstić information content (AvgIpc) is 3.32. The van der Waals surface area contributed by atoms with Crippen molar-refractivity contribution in [2.45, 2.75) is 64.9 Å². The summed E-state index contributed by atoms with van der Waals surface area (Å²) in [5.74, 6) is -2.62. The van der Waals surface area contributed by atoms with Crippen molar-refractivity contribution in [1.82, 2.24) is 35.7 Å². The Labute approximate surface area is 239 Å². The van der Waals surface area contributed by atoms with Gasteiger partial charge < -0.3 is 35.8 Å². The summed E-state index contributed by atoms with van der Waals surface area (Å²) in [7, 11) is 0. The van der Waals surface area contributed by atoms with Gasteiger partial charge in [-0.25, -0.2) is 4.98 Å². The van der Waals surface area contributed by atoms with Crippen LogP contribution in [0, 0.1) is 12.8 Å². The number of nitrogens with one attached hydrogen (secondary N) is 4. The third-order valence-electron chi connectivity index (χ3n) is 6.84. The third kappa shape index (κ3) is 8.87. The molecule has 2 aromatic rings. The fourth-order valence-electron chi connectivity index (χ4n) is 4.44. The number of hydrogen-bond donors (Lipinski definition) is 5. The Morgan fingerprint density at radius 3 is 2.32 bits per heavy atom. The van der Waals surface area contributed by atoms with Crippen molar-refractivity contribution in [3.8, 4) is 0 Å². The molecule has 222 valence electrons. The fourth-order valence-corrected chi connectivity index (χ4v) is 4.44. The second-order valence-electron chi connectivity index (χ2n) is 10.5. The van der Waals surface area contributed by atoms with Crippen molar-refractivity contribution in [1.29, 1.82) is 0 Å². The fraction of sp³-hybridized carbons (Fsp3) is 0.500. The number of imidazole rings is 1. The van der Waals surface area contributed by atoms with E-state index in [1.807, 2.05) is 6.07 Å². The lowest BCUT2D eigenvalue weighted by Crippen LogP contribution is -2.60. The minimum Gasteiger partial charge on any atom is -0.391 e. The van der Waals surface area contributed by atoms with Crippen LogP contribution in [0.25, 0.3) is 0 Å². The van der Waals surface area contributed by atoms with E-state index in [1.165, 1.54) is 11.8 Å². The van der Waals surface area contributed by atoms with Gasteiger partial charge in [0, 0.05) is 31.9 Å². The SMILES string of the molecule is Cc1nccn1CC(=O)N1CCNC(=O)[C@H]([C@@H](C)O)NC(=O)[C@H](Cc2ccccc2)NC(=O)[C@@H](C(C)C)NC(=O)C1. The number of carbonyl (C=O) groups excluding carboxylic acids is 5. The van der Waals surface area contributed by atoms with Gasteiger partial charge in [0.05, 0.1) is 12.6 Å². The van der Waals surface area contributed by atoms with Gasteiger partial charge in [-0.05, 0) is 25.3 Å². The minimum atomic E-state index is -1.32. The van der Waals surface area contributed by atoms with Crippen molar-refractivity contribution in [3.05, 3.63) is 54.1 Å². The first-order valence-electron chi connectivity index (χ1n) is 13.6. The Morgan fingerprint density at radius 2 is 1.71 bits per heavy atom. The largest absolute Gasteiger partial charge is 0.391 e. The number of hydrogen-bond acceptors (Lipinski definition) is 7. The maximum Gasteiger partial charge on any atom is 0.245 e. The number of aliphatic hydroxyl groups excluding tert-OH is 1. The predicted molar refractivity (Wildman–Crippen MR) is 149 cm³/mol. The van der Waals surface area contributed by atoms with E-state index in [9.17, 15) is 29.1 Å². The smallest absolute Gasteiger partial charge is 0.245 e. The van der Waals surface area contributed by atoms with Crippen LogP contribution < -0.4 is 21.3 Å². The van der Waals surface area contributed by atoms with Crippen LogP contribution in [-0.2, 0) is 36.9 Å². The summed E-state index contributed by atoms with van der Waals surface area (Å²) in [5.41, 5.74) is 0.760. The van der Waals surface area contributed by atoms with Gasteiger partial charge >= 0.3 is 0 Å². The lowest BCUT2D eigenvalue weighted by atomic mass is 10.0. The molecule has 1 aromatic carbocycles. The molecular formula is C28H39N7O6. The molecule has 0 aliphatic carbocycles. The first-order valence-corrected chi connectivity index (χ1v) is 13.6. The molecule has 1 saturated heterocycles. The van der Waals surface area contributed by atoms with Crippen LogP contribution in [-0.4, -0.2) is 93.0 Å². The minimum absolute atomic E-state index is 0.0264. The summed E-state index contributed by atoms with van der Waals surface area (Å²) in [5, 5.41) is 20.9. The molecule has 4 atom stereocenters. The summed E-state index contributed by atoms with van der Waals surface area (Å²) in [4.78, 5) is 71.4. The number of carbonyl (C=O) groups is 5. The Balaban J connectivity index is 1.90. The average molecular weight is 570 g/mol. The van der Waals surface area contributed by atoms with Gasteiger partial charge in [-0.2, -0.15) is 0 Å². The molecule has 0 unspecified atom stereocenters. The third-order valence-corrected chi connectivity index (χ3v) is 6.84. The molecule has 5 amide bonds. The van der Waals surface area contributed by atoms with Crippen molar-refractivity contribution in [2.75, 3.05) is 19.6 Å².